The van der Waals surface area contributed by atoms with E-state index in [1.54, 1.807) is 4.68 Å². The molecule has 0 aliphatic heterocycles. The van der Waals surface area contributed by atoms with Crippen molar-refractivity contribution in [1.29, 1.82) is 0 Å². The lowest BCUT2D eigenvalue weighted by atomic mass is 9.99. The van der Waals surface area contributed by atoms with Crippen molar-refractivity contribution in [3.8, 4) is 0 Å². The van der Waals surface area contributed by atoms with Crippen molar-refractivity contribution in [3.05, 3.63) is 16.9 Å². The fraction of sp³-hybridized carbons (Fsp3) is 0.667. The van der Waals surface area contributed by atoms with Crippen molar-refractivity contribution in [2.75, 3.05) is 6.54 Å². The first-order chi connectivity index (χ1) is 8.10. The van der Waals surface area contributed by atoms with Crippen LogP contribution in [0.1, 0.15) is 43.6 Å². The number of nitrogens with two attached hydrogens (primary N) is 1. The smallest absolute Gasteiger partial charge is 0.182 e. The van der Waals surface area contributed by atoms with Gasteiger partial charge in [0.2, 0.25) is 0 Å². The molecule has 1 aromatic rings. The molecular formula is C12H20ClN3O. The normalized spacial score (nSPS) is 12.7. The van der Waals surface area contributed by atoms with Crippen LogP contribution in [0.25, 0.3) is 0 Å². The van der Waals surface area contributed by atoms with E-state index in [0.717, 1.165) is 12.8 Å². The molecule has 1 rings (SSSR count). The second-order valence-electron chi connectivity index (χ2n) is 4.30. The van der Waals surface area contributed by atoms with E-state index in [9.17, 15) is 4.79 Å². The van der Waals surface area contributed by atoms with Gasteiger partial charge in [0.25, 0.3) is 0 Å². The highest BCUT2D eigenvalue weighted by Crippen LogP contribution is 2.19. The van der Waals surface area contributed by atoms with Crippen LogP contribution in [0.15, 0.2) is 6.20 Å². The highest BCUT2D eigenvalue weighted by atomic mass is 35.5. The standard InChI is InChI=1S/C12H20ClN3O/c1-3-16-12(10(13)8-15-16)11(17)5-4-9(2)6-7-14/h8-9H,3-7,14H2,1-2H3. The zero-order chi connectivity index (χ0) is 12.8. The van der Waals surface area contributed by atoms with Gasteiger partial charge >= 0.3 is 0 Å². The maximum Gasteiger partial charge on any atom is 0.182 e. The molecule has 0 aliphatic carbocycles. The minimum Gasteiger partial charge on any atom is -0.330 e. The highest BCUT2D eigenvalue weighted by molar-refractivity contribution is 6.33. The molecule has 96 valence electrons. The van der Waals surface area contributed by atoms with Gasteiger partial charge in [-0.15, -0.1) is 0 Å². The number of hydrogen-bond donors (Lipinski definition) is 1. The quantitative estimate of drug-likeness (QED) is 0.764. The van der Waals surface area contributed by atoms with Crippen molar-refractivity contribution in [2.24, 2.45) is 11.7 Å². The predicted molar refractivity (Wildman–Crippen MR) is 69.3 cm³/mol. The second-order valence-corrected chi connectivity index (χ2v) is 4.71. The fourth-order valence-electron chi connectivity index (χ4n) is 1.80. The number of ketones is 1. The number of nitrogens with zero attached hydrogens (tertiary/aromatic N) is 2. The Balaban J connectivity index is 2.60. The minimum atomic E-state index is 0.0678. The Morgan fingerprint density at radius 3 is 2.88 bits per heavy atom. The Bertz CT molecular complexity index is 376. The monoisotopic (exact) mass is 257 g/mol. The summed E-state index contributed by atoms with van der Waals surface area (Å²) in [6, 6.07) is 0. The Hall–Kier alpha value is -0.870. The Labute approximate surface area is 107 Å². The lowest BCUT2D eigenvalue weighted by Gasteiger charge is -2.09. The SMILES string of the molecule is CCn1ncc(Cl)c1C(=O)CCC(C)CCN. The van der Waals surface area contributed by atoms with Crippen molar-refractivity contribution in [1.82, 2.24) is 9.78 Å². The van der Waals surface area contributed by atoms with Crippen LogP contribution in [0.4, 0.5) is 0 Å². The molecule has 0 amide bonds. The maximum atomic E-state index is 12.0. The van der Waals surface area contributed by atoms with Crippen molar-refractivity contribution in [2.45, 2.75) is 39.7 Å². The van der Waals surface area contributed by atoms with E-state index in [2.05, 4.69) is 12.0 Å². The molecule has 0 radical (unpaired) electrons. The summed E-state index contributed by atoms with van der Waals surface area (Å²) < 4.78 is 1.65. The second kappa shape index (κ2) is 6.77. The Morgan fingerprint density at radius 1 is 1.59 bits per heavy atom. The Morgan fingerprint density at radius 2 is 2.29 bits per heavy atom. The maximum absolute atomic E-state index is 12.0. The van der Waals surface area contributed by atoms with Gasteiger partial charge in [-0.1, -0.05) is 18.5 Å². The summed E-state index contributed by atoms with van der Waals surface area (Å²) in [6.45, 7) is 5.38. The minimum absolute atomic E-state index is 0.0678. The molecule has 5 heteroatoms. The molecule has 0 spiro atoms. The van der Waals surface area contributed by atoms with Crippen molar-refractivity contribution >= 4 is 17.4 Å². The average molecular weight is 258 g/mol. The van der Waals surface area contributed by atoms with E-state index in [4.69, 9.17) is 17.3 Å². The van der Waals surface area contributed by atoms with Gasteiger partial charge in [-0.2, -0.15) is 5.10 Å². The van der Waals surface area contributed by atoms with Crippen LogP contribution >= 0.6 is 11.6 Å². The number of rotatable bonds is 7. The molecule has 0 aliphatic rings. The molecule has 0 aromatic carbocycles. The lowest BCUT2D eigenvalue weighted by molar-refractivity contribution is 0.0964. The summed E-state index contributed by atoms with van der Waals surface area (Å²) in [6.07, 6.45) is 3.84. The van der Waals surface area contributed by atoms with E-state index in [0.29, 0.717) is 36.1 Å². The first-order valence-corrected chi connectivity index (χ1v) is 6.42. The van der Waals surface area contributed by atoms with Crippen molar-refractivity contribution < 1.29 is 4.79 Å². The molecule has 1 unspecified atom stereocenters. The molecule has 1 aromatic heterocycles. The van der Waals surface area contributed by atoms with Gasteiger partial charge in [0.15, 0.2) is 5.78 Å². The van der Waals surface area contributed by atoms with Crippen LogP contribution in [0.2, 0.25) is 5.02 Å². The number of carbonyl (C=O) groups excluding carboxylic acids is 1. The molecule has 4 nitrogen and oxygen atoms in total. The molecule has 17 heavy (non-hydrogen) atoms. The van der Waals surface area contributed by atoms with Gasteiger partial charge < -0.3 is 5.73 Å². The van der Waals surface area contributed by atoms with E-state index < -0.39 is 0 Å². The zero-order valence-electron chi connectivity index (χ0n) is 10.4. The first-order valence-electron chi connectivity index (χ1n) is 6.04. The number of carbonyl (C=O) groups is 1. The Kier molecular flexibility index (Phi) is 5.65. The third kappa shape index (κ3) is 3.82. The molecule has 1 heterocycles. The molecule has 0 fully saturated rings. The third-order valence-corrected chi connectivity index (χ3v) is 3.16. The summed E-state index contributed by atoms with van der Waals surface area (Å²) >= 11 is 5.97. The molecule has 0 saturated heterocycles. The molecule has 0 saturated carbocycles. The number of Topliss-reactive ketones (excluding diaryl/α,β-unsaturated/α-hetero) is 1. The zero-order valence-corrected chi connectivity index (χ0v) is 11.2. The van der Waals surface area contributed by atoms with E-state index in [-0.39, 0.29) is 5.78 Å². The summed E-state index contributed by atoms with van der Waals surface area (Å²) in [5, 5.41) is 4.51. The number of aromatic nitrogens is 2. The first kappa shape index (κ1) is 14.2. The molecule has 2 N–H and O–H groups in total. The van der Waals surface area contributed by atoms with Crippen LogP contribution in [0, 0.1) is 5.92 Å². The van der Waals surface area contributed by atoms with Crippen LogP contribution in [-0.2, 0) is 6.54 Å². The number of halogens is 1. The van der Waals surface area contributed by atoms with Gasteiger partial charge in [0, 0.05) is 13.0 Å². The van der Waals surface area contributed by atoms with E-state index in [1.165, 1.54) is 6.20 Å². The van der Waals surface area contributed by atoms with Crippen molar-refractivity contribution in [3.63, 3.8) is 0 Å². The third-order valence-electron chi connectivity index (χ3n) is 2.88. The number of hydrogen-bond acceptors (Lipinski definition) is 3. The summed E-state index contributed by atoms with van der Waals surface area (Å²) in [5.41, 5.74) is 6.02. The van der Waals surface area contributed by atoms with Crippen LogP contribution in [0.3, 0.4) is 0 Å². The summed E-state index contributed by atoms with van der Waals surface area (Å²) in [7, 11) is 0. The average Bonchev–Trinajstić information content (AvgIpc) is 2.68. The van der Waals surface area contributed by atoms with Crippen LogP contribution in [0.5, 0.6) is 0 Å². The van der Waals surface area contributed by atoms with Crippen LogP contribution in [-0.4, -0.2) is 22.1 Å². The van der Waals surface area contributed by atoms with Crippen LogP contribution < -0.4 is 5.73 Å². The molecular weight excluding hydrogens is 238 g/mol. The van der Waals surface area contributed by atoms with Gasteiger partial charge in [-0.3, -0.25) is 9.48 Å². The largest absolute Gasteiger partial charge is 0.330 e. The summed E-state index contributed by atoms with van der Waals surface area (Å²) in [4.78, 5) is 12.0. The van der Waals surface area contributed by atoms with Gasteiger partial charge in [-0.25, -0.2) is 0 Å². The fourth-order valence-corrected chi connectivity index (χ4v) is 2.05. The number of aryl methyl sites for hydroxylation is 1. The molecule has 1 atom stereocenters. The van der Waals surface area contributed by atoms with E-state index in [1.807, 2.05) is 6.92 Å². The van der Waals surface area contributed by atoms with Gasteiger partial charge in [-0.05, 0) is 32.2 Å². The lowest BCUT2D eigenvalue weighted by Crippen LogP contribution is -2.12. The highest BCUT2D eigenvalue weighted by Gasteiger charge is 2.17. The van der Waals surface area contributed by atoms with Gasteiger partial charge in [0.05, 0.1) is 11.2 Å². The topological polar surface area (TPSA) is 60.9 Å². The summed E-state index contributed by atoms with van der Waals surface area (Å²) in [5.74, 6) is 0.541. The van der Waals surface area contributed by atoms with E-state index >= 15 is 0 Å². The molecule has 0 bridgehead atoms. The predicted octanol–water partition coefficient (Wildman–Crippen LogP) is 2.50. The van der Waals surface area contributed by atoms with Gasteiger partial charge in [0.1, 0.15) is 5.69 Å².